The number of para-hydroxylation sites is 4. The predicted molar refractivity (Wildman–Crippen MR) is 189 cm³/mol. The predicted octanol–water partition coefficient (Wildman–Crippen LogP) is 10.9. The lowest BCUT2D eigenvalue weighted by Crippen LogP contribution is -2.05. The van der Waals surface area contributed by atoms with Gasteiger partial charge in [0.25, 0.3) is 0 Å². The van der Waals surface area contributed by atoms with Crippen LogP contribution in [0.25, 0.3) is 77.1 Å². The lowest BCUT2D eigenvalue weighted by Gasteiger charge is -2.16. The molecular weight excluding hydrogens is 548 g/mol. The molecule has 0 spiro atoms. The minimum Gasteiger partial charge on any atom is -0.326 e. The molecule has 0 aliphatic heterocycles. The largest absolute Gasteiger partial charge is 0.326 e. The SMILES string of the molecule is CCCCn1c2ccccc2c2c3ccccc3n(-c3cccc(-n4c5ccccc5c5c6ccccc6n(C6CC6)c54)c3)c21. The highest BCUT2D eigenvalue weighted by Gasteiger charge is 2.31. The number of fused-ring (bicyclic) bond motifs is 10. The zero-order valence-corrected chi connectivity index (χ0v) is 25.4. The summed E-state index contributed by atoms with van der Waals surface area (Å²) < 4.78 is 10.2. The van der Waals surface area contributed by atoms with Gasteiger partial charge < -0.3 is 9.13 Å². The second kappa shape index (κ2) is 9.39. The third-order valence-corrected chi connectivity index (χ3v) is 10.1. The lowest BCUT2D eigenvalue weighted by molar-refractivity contribution is 0.658. The first-order valence-corrected chi connectivity index (χ1v) is 16.5. The molecule has 1 fully saturated rings. The van der Waals surface area contributed by atoms with Crippen molar-refractivity contribution in [3.05, 3.63) is 121 Å². The molecular formula is C41H34N4. The Morgan fingerprint density at radius 1 is 0.533 bits per heavy atom. The van der Waals surface area contributed by atoms with Gasteiger partial charge in [0, 0.05) is 56.3 Å². The van der Waals surface area contributed by atoms with E-state index < -0.39 is 0 Å². The minimum absolute atomic E-state index is 0.556. The van der Waals surface area contributed by atoms with Gasteiger partial charge in [-0.05, 0) is 61.7 Å². The van der Waals surface area contributed by atoms with Crippen LogP contribution in [0.5, 0.6) is 0 Å². The van der Waals surface area contributed by atoms with Gasteiger partial charge in [-0.1, -0.05) is 92.2 Å². The van der Waals surface area contributed by atoms with Crippen molar-refractivity contribution >= 4 is 65.7 Å². The van der Waals surface area contributed by atoms with Gasteiger partial charge in [0.05, 0.1) is 22.1 Å². The van der Waals surface area contributed by atoms with Gasteiger partial charge in [-0.25, -0.2) is 0 Å². The number of aryl methyl sites for hydroxylation is 1. The molecule has 0 atom stereocenters. The second-order valence-corrected chi connectivity index (χ2v) is 12.8. The Balaban J connectivity index is 1.31. The van der Waals surface area contributed by atoms with Crippen molar-refractivity contribution < 1.29 is 0 Å². The van der Waals surface area contributed by atoms with Crippen molar-refractivity contribution in [2.45, 2.75) is 45.2 Å². The van der Waals surface area contributed by atoms with Gasteiger partial charge in [0.1, 0.15) is 11.3 Å². The van der Waals surface area contributed by atoms with E-state index in [0.717, 1.165) is 19.4 Å². The monoisotopic (exact) mass is 582 g/mol. The minimum atomic E-state index is 0.556. The molecule has 218 valence electrons. The maximum atomic E-state index is 2.63. The van der Waals surface area contributed by atoms with Crippen LogP contribution in [-0.2, 0) is 6.54 Å². The molecule has 1 saturated carbocycles. The summed E-state index contributed by atoms with van der Waals surface area (Å²) >= 11 is 0. The first kappa shape index (κ1) is 25.1. The van der Waals surface area contributed by atoms with E-state index >= 15 is 0 Å². The summed E-state index contributed by atoms with van der Waals surface area (Å²) in [7, 11) is 0. The molecule has 4 heteroatoms. The Labute approximate surface area is 261 Å². The smallest absolute Gasteiger partial charge is 0.127 e. The zero-order chi connectivity index (χ0) is 29.6. The normalized spacial score (nSPS) is 13.9. The molecule has 5 aromatic carbocycles. The van der Waals surface area contributed by atoms with Crippen molar-refractivity contribution in [3.8, 4) is 11.4 Å². The van der Waals surface area contributed by atoms with Crippen LogP contribution in [0, 0.1) is 0 Å². The van der Waals surface area contributed by atoms with Crippen molar-refractivity contribution in [3.63, 3.8) is 0 Å². The van der Waals surface area contributed by atoms with Crippen LogP contribution in [0.3, 0.4) is 0 Å². The summed E-state index contributed by atoms with van der Waals surface area (Å²) in [6.07, 6.45) is 4.79. The van der Waals surface area contributed by atoms with Gasteiger partial charge in [0.15, 0.2) is 0 Å². The highest BCUT2D eigenvalue weighted by Crippen LogP contribution is 2.46. The fourth-order valence-corrected chi connectivity index (χ4v) is 8.05. The highest BCUT2D eigenvalue weighted by atomic mass is 15.2. The molecule has 0 amide bonds. The average molecular weight is 583 g/mol. The maximum absolute atomic E-state index is 2.63. The van der Waals surface area contributed by atoms with Crippen molar-refractivity contribution in [2.24, 2.45) is 0 Å². The summed E-state index contributed by atoms with van der Waals surface area (Å²) in [5, 5.41) is 8.04. The molecule has 4 aromatic heterocycles. The van der Waals surface area contributed by atoms with E-state index in [1.165, 1.54) is 89.9 Å². The van der Waals surface area contributed by atoms with Crippen LogP contribution in [0.1, 0.15) is 38.6 Å². The van der Waals surface area contributed by atoms with Crippen LogP contribution >= 0.6 is 0 Å². The number of aromatic nitrogens is 4. The molecule has 0 saturated heterocycles. The lowest BCUT2D eigenvalue weighted by atomic mass is 10.1. The van der Waals surface area contributed by atoms with E-state index in [4.69, 9.17) is 0 Å². The quantitative estimate of drug-likeness (QED) is 0.186. The summed E-state index contributed by atoms with van der Waals surface area (Å²) in [5.41, 5.74) is 10.2. The Hall–Kier alpha value is -5.22. The molecule has 1 aliphatic carbocycles. The number of unbranched alkanes of at least 4 members (excludes halogenated alkanes) is 1. The molecule has 9 aromatic rings. The standard InChI is InChI=1S/C41H34N4/c1-2-3-25-42-34-19-8-4-15-30(34)38-31-16-5-10-21-36(31)44(40(38)42)28-13-12-14-29(26-28)45-37-22-11-7-18-33(37)39-32-17-6-9-20-35(32)43(41(39)45)27-23-24-27/h4-22,26-27H,2-3,23-25H2,1H3. The molecule has 10 rings (SSSR count). The molecule has 1 aliphatic rings. The van der Waals surface area contributed by atoms with Gasteiger partial charge in [-0.3, -0.25) is 9.13 Å². The molecule has 0 bridgehead atoms. The Bertz CT molecular complexity index is 2600. The third-order valence-electron chi connectivity index (χ3n) is 10.1. The Morgan fingerprint density at radius 2 is 1.02 bits per heavy atom. The van der Waals surface area contributed by atoms with E-state index in [2.05, 4.69) is 147 Å². The molecule has 45 heavy (non-hydrogen) atoms. The molecule has 4 heterocycles. The van der Waals surface area contributed by atoms with E-state index in [1.807, 2.05) is 0 Å². The average Bonchev–Trinajstić information content (AvgIpc) is 3.54. The molecule has 4 nitrogen and oxygen atoms in total. The van der Waals surface area contributed by atoms with Gasteiger partial charge in [0.2, 0.25) is 0 Å². The van der Waals surface area contributed by atoms with E-state index in [-0.39, 0.29) is 0 Å². The second-order valence-electron chi connectivity index (χ2n) is 12.8. The van der Waals surface area contributed by atoms with Crippen LogP contribution < -0.4 is 0 Å². The fourth-order valence-electron chi connectivity index (χ4n) is 8.05. The zero-order valence-electron chi connectivity index (χ0n) is 25.4. The van der Waals surface area contributed by atoms with Crippen molar-refractivity contribution in [1.82, 2.24) is 18.3 Å². The van der Waals surface area contributed by atoms with Crippen molar-refractivity contribution in [2.75, 3.05) is 0 Å². The summed E-state index contributed by atoms with van der Waals surface area (Å²) in [6.45, 7) is 3.28. The maximum Gasteiger partial charge on any atom is 0.127 e. The number of benzene rings is 5. The fraction of sp³-hybridized carbons (Fsp3) is 0.171. The van der Waals surface area contributed by atoms with E-state index in [0.29, 0.717) is 6.04 Å². The molecule has 0 N–H and O–H groups in total. The first-order valence-electron chi connectivity index (χ1n) is 16.5. The van der Waals surface area contributed by atoms with Gasteiger partial charge >= 0.3 is 0 Å². The first-order chi connectivity index (χ1) is 22.3. The highest BCUT2D eigenvalue weighted by molar-refractivity contribution is 6.23. The van der Waals surface area contributed by atoms with Crippen LogP contribution in [0.2, 0.25) is 0 Å². The van der Waals surface area contributed by atoms with Crippen LogP contribution in [0.4, 0.5) is 0 Å². The van der Waals surface area contributed by atoms with Gasteiger partial charge in [-0.15, -0.1) is 0 Å². The van der Waals surface area contributed by atoms with Crippen LogP contribution in [0.15, 0.2) is 121 Å². The van der Waals surface area contributed by atoms with Gasteiger partial charge in [-0.2, -0.15) is 0 Å². The van der Waals surface area contributed by atoms with Crippen LogP contribution in [-0.4, -0.2) is 18.3 Å². The molecule has 0 radical (unpaired) electrons. The number of hydrogen-bond donors (Lipinski definition) is 0. The summed E-state index contributed by atoms with van der Waals surface area (Å²) in [5.74, 6) is 0. The Morgan fingerprint density at radius 3 is 1.62 bits per heavy atom. The third kappa shape index (κ3) is 3.42. The van der Waals surface area contributed by atoms with E-state index in [1.54, 1.807) is 0 Å². The topological polar surface area (TPSA) is 19.7 Å². The van der Waals surface area contributed by atoms with Crippen molar-refractivity contribution in [1.29, 1.82) is 0 Å². The number of nitrogens with zero attached hydrogens (tertiary/aromatic N) is 4. The summed E-state index contributed by atoms with van der Waals surface area (Å²) in [6, 6.07) is 45.6. The summed E-state index contributed by atoms with van der Waals surface area (Å²) in [4.78, 5) is 0. The Kier molecular flexibility index (Phi) is 5.25. The molecule has 0 unspecified atom stereocenters. The van der Waals surface area contributed by atoms with E-state index in [9.17, 15) is 0 Å². The number of hydrogen-bond acceptors (Lipinski definition) is 0. The number of rotatable bonds is 6.